The van der Waals surface area contributed by atoms with Crippen LogP contribution >= 0.6 is 0 Å². The fourth-order valence-electron chi connectivity index (χ4n) is 6.76. The molecule has 2 nitrogen and oxygen atoms in total. The first-order valence-electron chi connectivity index (χ1n) is 14.4. The predicted molar refractivity (Wildman–Crippen MR) is 175 cm³/mol. The highest BCUT2D eigenvalue weighted by atomic mass is 16.5. The van der Waals surface area contributed by atoms with Gasteiger partial charge in [-0.15, -0.1) is 0 Å². The fourth-order valence-corrected chi connectivity index (χ4v) is 6.76. The molecule has 0 saturated heterocycles. The van der Waals surface area contributed by atoms with E-state index in [1.165, 1.54) is 55.0 Å². The SMILES string of the molecule is c1ccc(-c2ccc3c(c2)-c2cccc4c(-c5cccc6c7ccccc7n(-c7ccccc7)c56)ccc(c24)O3)cc1. The average molecular weight is 536 g/mol. The molecule has 0 N–H and O–H groups in total. The maximum atomic E-state index is 6.55. The van der Waals surface area contributed by atoms with E-state index in [1.54, 1.807) is 0 Å². The summed E-state index contributed by atoms with van der Waals surface area (Å²) >= 11 is 0. The number of ether oxygens (including phenoxy) is 1. The van der Waals surface area contributed by atoms with Crippen LogP contribution in [-0.2, 0) is 0 Å². The lowest BCUT2D eigenvalue weighted by atomic mass is 9.89. The number of hydrogen-bond donors (Lipinski definition) is 0. The second kappa shape index (κ2) is 8.95. The molecule has 8 aromatic rings. The third-order valence-electron chi connectivity index (χ3n) is 8.60. The Morgan fingerprint density at radius 1 is 0.405 bits per heavy atom. The van der Waals surface area contributed by atoms with Gasteiger partial charge in [-0.25, -0.2) is 0 Å². The van der Waals surface area contributed by atoms with Crippen LogP contribution in [0.2, 0.25) is 0 Å². The van der Waals surface area contributed by atoms with Gasteiger partial charge in [0, 0.05) is 33.0 Å². The molecule has 0 spiro atoms. The van der Waals surface area contributed by atoms with E-state index in [-0.39, 0.29) is 0 Å². The van der Waals surface area contributed by atoms with Crippen LogP contribution in [0.15, 0.2) is 152 Å². The van der Waals surface area contributed by atoms with Gasteiger partial charge in [0.15, 0.2) is 0 Å². The molecule has 0 unspecified atom stereocenters. The first kappa shape index (κ1) is 23.1. The third-order valence-corrected chi connectivity index (χ3v) is 8.60. The lowest BCUT2D eigenvalue weighted by Crippen LogP contribution is -1.99. The molecule has 0 saturated carbocycles. The molecule has 1 aromatic heterocycles. The highest BCUT2D eigenvalue weighted by Gasteiger charge is 2.24. The van der Waals surface area contributed by atoms with Gasteiger partial charge in [-0.1, -0.05) is 109 Å². The van der Waals surface area contributed by atoms with E-state index >= 15 is 0 Å². The minimum absolute atomic E-state index is 0.897. The molecule has 0 fully saturated rings. The molecular weight excluding hydrogens is 510 g/mol. The maximum absolute atomic E-state index is 6.55. The summed E-state index contributed by atoms with van der Waals surface area (Å²) in [7, 11) is 0. The Hall–Kier alpha value is -5.60. The van der Waals surface area contributed by atoms with Crippen LogP contribution in [0.3, 0.4) is 0 Å². The van der Waals surface area contributed by atoms with E-state index < -0.39 is 0 Å². The van der Waals surface area contributed by atoms with Gasteiger partial charge in [0.05, 0.1) is 11.0 Å². The Bertz CT molecular complexity index is 2310. The Labute approximate surface area is 243 Å². The largest absolute Gasteiger partial charge is 0.456 e. The van der Waals surface area contributed by atoms with Gasteiger partial charge in [-0.2, -0.15) is 0 Å². The average Bonchev–Trinajstić information content (AvgIpc) is 3.41. The van der Waals surface area contributed by atoms with Crippen molar-refractivity contribution in [2.24, 2.45) is 0 Å². The van der Waals surface area contributed by atoms with E-state index in [2.05, 4.69) is 156 Å². The van der Waals surface area contributed by atoms with Crippen LogP contribution in [0, 0.1) is 0 Å². The van der Waals surface area contributed by atoms with Gasteiger partial charge < -0.3 is 9.30 Å². The number of para-hydroxylation sites is 3. The fraction of sp³-hybridized carbons (Fsp3) is 0. The summed E-state index contributed by atoms with van der Waals surface area (Å²) in [6.45, 7) is 0. The van der Waals surface area contributed by atoms with E-state index in [0.29, 0.717) is 0 Å². The molecule has 0 bridgehead atoms. The lowest BCUT2D eigenvalue weighted by Gasteiger charge is -2.23. The van der Waals surface area contributed by atoms with E-state index in [4.69, 9.17) is 4.74 Å². The molecule has 0 atom stereocenters. The maximum Gasteiger partial charge on any atom is 0.135 e. The topological polar surface area (TPSA) is 14.2 Å². The minimum atomic E-state index is 0.897. The molecule has 42 heavy (non-hydrogen) atoms. The first-order chi connectivity index (χ1) is 20.8. The molecule has 196 valence electrons. The van der Waals surface area contributed by atoms with E-state index in [0.717, 1.165) is 28.1 Å². The zero-order chi connectivity index (χ0) is 27.6. The molecule has 2 heterocycles. The van der Waals surface area contributed by atoms with Crippen molar-refractivity contribution in [1.82, 2.24) is 4.57 Å². The molecule has 0 amide bonds. The minimum Gasteiger partial charge on any atom is -0.456 e. The second-order valence-electron chi connectivity index (χ2n) is 10.9. The number of rotatable bonds is 3. The number of nitrogens with zero attached hydrogens (tertiary/aromatic N) is 1. The van der Waals surface area contributed by atoms with Gasteiger partial charge in [0.25, 0.3) is 0 Å². The standard InChI is InChI=1S/C40H25NO/c1-3-11-26(12-4-1)27-21-23-37-35(25-27)32-17-9-16-31-29(22-24-38(42-37)39(31)32)33-18-10-19-34-30-15-7-8-20-36(30)41(40(33)34)28-13-5-2-6-14-28/h1-25H. The third kappa shape index (κ3) is 3.33. The number of benzene rings is 7. The van der Waals surface area contributed by atoms with Gasteiger partial charge in [-0.05, 0) is 70.1 Å². The quantitative estimate of drug-likeness (QED) is 0.219. The smallest absolute Gasteiger partial charge is 0.135 e. The Kier molecular flexibility index (Phi) is 4.93. The van der Waals surface area contributed by atoms with Gasteiger partial charge >= 0.3 is 0 Å². The van der Waals surface area contributed by atoms with Crippen molar-refractivity contribution >= 4 is 32.6 Å². The molecule has 1 aliphatic rings. The predicted octanol–water partition coefficient (Wildman–Crippen LogP) is 11.0. The molecule has 0 radical (unpaired) electrons. The Morgan fingerprint density at radius 2 is 1.10 bits per heavy atom. The first-order valence-corrected chi connectivity index (χ1v) is 14.4. The Morgan fingerprint density at radius 3 is 1.95 bits per heavy atom. The number of aromatic nitrogens is 1. The summed E-state index contributed by atoms with van der Waals surface area (Å²) in [6.07, 6.45) is 0. The molecular formula is C40H25NO. The van der Waals surface area contributed by atoms with Crippen molar-refractivity contribution in [2.45, 2.75) is 0 Å². The summed E-state index contributed by atoms with van der Waals surface area (Å²) in [6, 6.07) is 54.2. The summed E-state index contributed by atoms with van der Waals surface area (Å²) in [5, 5.41) is 4.86. The highest BCUT2D eigenvalue weighted by molar-refractivity contribution is 6.17. The Balaban J connectivity index is 1.33. The van der Waals surface area contributed by atoms with Crippen LogP contribution in [0.1, 0.15) is 0 Å². The summed E-state index contributed by atoms with van der Waals surface area (Å²) in [4.78, 5) is 0. The summed E-state index contributed by atoms with van der Waals surface area (Å²) < 4.78 is 8.96. The normalized spacial score (nSPS) is 12.0. The van der Waals surface area contributed by atoms with Crippen molar-refractivity contribution in [2.75, 3.05) is 0 Å². The number of fused-ring (bicyclic) bond motifs is 5. The van der Waals surface area contributed by atoms with Gasteiger partial charge in [0.2, 0.25) is 0 Å². The number of hydrogen-bond acceptors (Lipinski definition) is 1. The zero-order valence-corrected chi connectivity index (χ0v) is 22.8. The summed E-state index contributed by atoms with van der Waals surface area (Å²) in [5.74, 6) is 1.80. The van der Waals surface area contributed by atoms with E-state index in [1.807, 2.05) is 0 Å². The van der Waals surface area contributed by atoms with Gasteiger partial charge in [0.1, 0.15) is 11.5 Å². The summed E-state index contributed by atoms with van der Waals surface area (Å²) in [5.41, 5.74) is 10.7. The molecule has 9 rings (SSSR count). The van der Waals surface area contributed by atoms with Crippen LogP contribution < -0.4 is 4.74 Å². The van der Waals surface area contributed by atoms with Crippen molar-refractivity contribution in [3.63, 3.8) is 0 Å². The lowest BCUT2D eigenvalue weighted by molar-refractivity contribution is 0.487. The van der Waals surface area contributed by atoms with Crippen LogP contribution in [-0.4, -0.2) is 4.57 Å². The molecule has 2 heteroatoms. The van der Waals surface area contributed by atoms with Crippen LogP contribution in [0.4, 0.5) is 0 Å². The monoisotopic (exact) mass is 535 g/mol. The molecule has 0 aliphatic carbocycles. The van der Waals surface area contributed by atoms with Crippen molar-refractivity contribution < 1.29 is 4.74 Å². The second-order valence-corrected chi connectivity index (χ2v) is 10.9. The van der Waals surface area contributed by atoms with Gasteiger partial charge in [-0.3, -0.25) is 0 Å². The highest BCUT2D eigenvalue weighted by Crippen LogP contribution is 2.50. The van der Waals surface area contributed by atoms with Crippen molar-refractivity contribution in [3.05, 3.63) is 152 Å². The van der Waals surface area contributed by atoms with Crippen molar-refractivity contribution in [3.8, 4) is 50.6 Å². The molecule has 1 aliphatic heterocycles. The molecule has 7 aromatic carbocycles. The zero-order valence-electron chi connectivity index (χ0n) is 22.8. The van der Waals surface area contributed by atoms with E-state index in [9.17, 15) is 0 Å². The van der Waals surface area contributed by atoms with Crippen molar-refractivity contribution in [1.29, 1.82) is 0 Å². The van der Waals surface area contributed by atoms with Crippen LogP contribution in [0.5, 0.6) is 11.5 Å². The van der Waals surface area contributed by atoms with Crippen LogP contribution in [0.25, 0.3) is 71.6 Å².